The molecule has 0 aromatic carbocycles. The maximum absolute atomic E-state index is 11.9. The van der Waals surface area contributed by atoms with E-state index in [9.17, 15) is 14.7 Å². The summed E-state index contributed by atoms with van der Waals surface area (Å²) in [5.41, 5.74) is 0. The first-order valence-electron chi connectivity index (χ1n) is 5.79. The van der Waals surface area contributed by atoms with Crippen molar-refractivity contribution in [1.29, 1.82) is 0 Å². The predicted molar refractivity (Wildman–Crippen MR) is 63.3 cm³/mol. The smallest absolute Gasteiger partial charge is 0.412 e. The molecule has 0 bridgehead atoms. The van der Waals surface area contributed by atoms with E-state index in [0.29, 0.717) is 19.5 Å². The molecule has 2 rings (SSSR count). The lowest BCUT2D eigenvalue weighted by atomic mass is 10.3. The zero-order chi connectivity index (χ0) is 13.8. The van der Waals surface area contributed by atoms with Crippen LogP contribution in [0.3, 0.4) is 0 Å². The average Bonchev–Trinajstić information content (AvgIpc) is 2.98. The summed E-state index contributed by atoms with van der Waals surface area (Å²) in [6.07, 6.45) is 0.928. The number of nitrogens with one attached hydrogen (secondary N) is 1. The number of carbonyl (C=O) groups excluding carboxylic acids is 2. The van der Waals surface area contributed by atoms with E-state index in [1.165, 1.54) is 18.0 Å². The monoisotopic (exact) mass is 269 g/mol. The number of amides is 2. The van der Waals surface area contributed by atoms with Crippen LogP contribution in [0.25, 0.3) is 0 Å². The van der Waals surface area contributed by atoms with E-state index in [4.69, 9.17) is 0 Å². The lowest BCUT2D eigenvalue weighted by Crippen LogP contribution is -2.32. The number of β-amino-alcohol motifs (C(OH)–C–C–N with tert-alkyl or cyclic N) is 1. The Morgan fingerprint density at radius 2 is 2.42 bits per heavy atom. The molecule has 104 valence electrons. The van der Waals surface area contributed by atoms with Crippen molar-refractivity contribution in [1.82, 2.24) is 19.9 Å². The number of ether oxygens (including phenoxy) is 1. The molecule has 1 aliphatic rings. The molecule has 9 nitrogen and oxygen atoms in total. The standard InChI is InChI=1S/C10H15N5O4/c1-19-10(18)11-8-5-15(13-12-8)6-9(17)14-3-2-7(16)4-14/h5,7,16H,2-4,6H2,1H3,(H,11,18). The Hall–Kier alpha value is -2.16. The molecule has 1 aromatic heterocycles. The van der Waals surface area contributed by atoms with Crippen LogP contribution >= 0.6 is 0 Å². The van der Waals surface area contributed by atoms with Crippen LogP contribution in [-0.4, -0.2) is 63.3 Å². The number of likely N-dealkylation sites (tertiary alicyclic amines) is 1. The molecule has 0 spiro atoms. The maximum Gasteiger partial charge on any atom is 0.412 e. The van der Waals surface area contributed by atoms with Gasteiger partial charge in [-0.15, -0.1) is 5.10 Å². The minimum absolute atomic E-state index is 0.0164. The Labute approximate surface area is 109 Å². The molecule has 0 saturated carbocycles. The molecular weight excluding hydrogens is 254 g/mol. The zero-order valence-corrected chi connectivity index (χ0v) is 10.4. The van der Waals surface area contributed by atoms with Crippen LogP contribution in [-0.2, 0) is 16.1 Å². The molecule has 2 N–H and O–H groups in total. The van der Waals surface area contributed by atoms with Gasteiger partial charge < -0.3 is 14.7 Å². The first kappa shape index (κ1) is 13.3. The highest BCUT2D eigenvalue weighted by Gasteiger charge is 2.24. The van der Waals surface area contributed by atoms with Gasteiger partial charge in [-0.05, 0) is 6.42 Å². The van der Waals surface area contributed by atoms with Crippen LogP contribution in [0.5, 0.6) is 0 Å². The van der Waals surface area contributed by atoms with Crippen LogP contribution in [0, 0.1) is 0 Å². The van der Waals surface area contributed by atoms with Gasteiger partial charge in [0, 0.05) is 13.1 Å². The fraction of sp³-hybridized carbons (Fsp3) is 0.600. The highest BCUT2D eigenvalue weighted by atomic mass is 16.5. The molecule has 19 heavy (non-hydrogen) atoms. The number of aliphatic hydroxyl groups is 1. The van der Waals surface area contributed by atoms with Crippen molar-refractivity contribution in [3.63, 3.8) is 0 Å². The number of hydrogen-bond acceptors (Lipinski definition) is 6. The molecule has 2 heterocycles. The Kier molecular flexibility index (Phi) is 3.95. The van der Waals surface area contributed by atoms with Gasteiger partial charge in [-0.25, -0.2) is 9.48 Å². The molecular formula is C10H15N5O4. The summed E-state index contributed by atoms with van der Waals surface area (Å²) >= 11 is 0. The van der Waals surface area contributed by atoms with Gasteiger partial charge in [-0.3, -0.25) is 10.1 Å². The summed E-state index contributed by atoms with van der Waals surface area (Å²) in [5, 5.41) is 19.1. The van der Waals surface area contributed by atoms with E-state index < -0.39 is 12.2 Å². The molecule has 0 radical (unpaired) electrons. The predicted octanol–water partition coefficient (Wildman–Crippen LogP) is -0.950. The second-order valence-electron chi connectivity index (χ2n) is 4.20. The lowest BCUT2D eigenvalue weighted by molar-refractivity contribution is -0.131. The van der Waals surface area contributed by atoms with Crippen molar-refractivity contribution in [2.24, 2.45) is 0 Å². The molecule has 1 unspecified atom stereocenters. The molecule has 2 amide bonds. The van der Waals surface area contributed by atoms with Crippen LogP contribution < -0.4 is 5.32 Å². The molecule has 1 atom stereocenters. The van der Waals surface area contributed by atoms with Crippen molar-refractivity contribution in [2.75, 3.05) is 25.5 Å². The number of aliphatic hydroxyl groups excluding tert-OH is 1. The molecule has 1 fully saturated rings. The molecule has 0 aliphatic carbocycles. The Morgan fingerprint density at radius 3 is 3.05 bits per heavy atom. The molecule has 1 aliphatic heterocycles. The van der Waals surface area contributed by atoms with Crippen molar-refractivity contribution in [3.8, 4) is 0 Å². The second-order valence-corrected chi connectivity index (χ2v) is 4.20. The maximum atomic E-state index is 11.9. The van der Waals surface area contributed by atoms with E-state index in [-0.39, 0.29) is 18.3 Å². The van der Waals surface area contributed by atoms with Gasteiger partial charge >= 0.3 is 6.09 Å². The van der Waals surface area contributed by atoms with Gasteiger partial charge in [-0.1, -0.05) is 5.21 Å². The number of rotatable bonds is 3. The number of carbonyl (C=O) groups is 2. The van der Waals surface area contributed by atoms with Crippen LogP contribution in [0.2, 0.25) is 0 Å². The van der Waals surface area contributed by atoms with E-state index in [1.807, 2.05) is 0 Å². The van der Waals surface area contributed by atoms with Crippen molar-refractivity contribution < 1.29 is 19.4 Å². The number of hydrogen-bond donors (Lipinski definition) is 2. The fourth-order valence-electron chi connectivity index (χ4n) is 1.80. The lowest BCUT2D eigenvalue weighted by Gasteiger charge is -2.14. The average molecular weight is 269 g/mol. The van der Waals surface area contributed by atoms with E-state index in [2.05, 4.69) is 20.4 Å². The summed E-state index contributed by atoms with van der Waals surface area (Å²) in [7, 11) is 1.24. The van der Waals surface area contributed by atoms with E-state index in [0.717, 1.165) is 0 Å². The topological polar surface area (TPSA) is 110 Å². The summed E-state index contributed by atoms with van der Waals surface area (Å²) in [6, 6.07) is 0. The minimum Gasteiger partial charge on any atom is -0.453 e. The van der Waals surface area contributed by atoms with Crippen LogP contribution in [0.4, 0.5) is 10.6 Å². The first-order chi connectivity index (χ1) is 9.08. The third-order valence-electron chi connectivity index (χ3n) is 2.77. The minimum atomic E-state index is -0.652. The number of methoxy groups -OCH3 is 1. The van der Waals surface area contributed by atoms with Gasteiger partial charge in [0.05, 0.1) is 19.4 Å². The second kappa shape index (κ2) is 5.65. The van der Waals surface area contributed by atoms with Gasteiger partial charge in [0.2, 0.25) is 5.91 Å². The van der Waals surface area contributed by atoms with E-state index in [1.54, 1.807) is 4.90 Å². The van der Waals surface area contributed by atoms with Crippen molar-refractivity contribution in [2.45, 2.75) is 19.1 Å². The van der Waals surface area contributed by atoms with E-state index >= 15 is 0 Å². The molecule has 1 saturated heterocycles. The fourth-order valence-corrected chi connectivity index (χ4v) is 1.80. The largest absolute Gasteiger partial charge is 0.453 e. The highest BCUT2D eigenvalue weighted by molar-refractivity contribution is 5.83. The number of anilines is 1. The number of nitrogens with zero attached hydrogens (tertiary/aromatic N) is 4. The zero-order valence-electron chi connectivity index (χ0n) is 10.4. The van der Waals surface area contributed by atoms with Gasteiger partial charge in [-0.2, -0.15) is 0 Å². The number of aromatic nitrogens is 3. The van der Waals surface area contributed by atoms with Crippen molar-refractivity contribution >= 4 is 17.8 Å². The quantitative estimate of drug-likeness (QED) is 0.732. The highest BCUT2D eigenvalue weighted by Crippen LogP contribution is 2.09. The Balaban J connectivity index is 1.89. The van der Waals surface area contributed by atoms with Crippen LogP contribution in [0.15, 0.2) is 6.20 Å². The van der Waals surface area contributed by atoms with Crippen molar-refractivity contribution in [3.05, 3.63) is 6.20 Å². The molecule has 1 aromatic rings. The SMILES string of the molecule is COC(=O)Nc1cn(CC(=O)N2CCC(O)C2)nn1. The summed E-state index contributed by atoms with van der Waals surface area (Å²) < 4.78 is 5.73. The Bertz CT molecular complexity index is 474. The summed E-state index contributed by atoms with van der Waals surface area (Å²) in [6.45, 7) is 0.908. The first-order valence-corrected chi connectivity index (χ1v) is 5.79. The van der Waals surface area contributed by atoms with Gasteiger partial charge in [0.15, 0.2) is 5.82 Å². The third kappa shape index (κ3) is 3.41. The third-order valence-corrected chi connectivity index (χ3v) is 2.77. The Morgan fingerprint density at radius 1 is 1.63 bits per heavy atom. The van der Waals surface area contributed by atoms with Gasteiger partial charge in [0.25, 0.3) is 0 Å². The summed E-state index contributed by atoms with van der Waals surface area (Å²) in [4.78, 5) is 24.4. The van der Waals surface area contributed by atoms with Crippen LogP contribution in [0.1, 0.15) is 6.42 Å². The van der Waals surface area contributed by atoms with Gasteiger partial charge in [0.1, 0.15) is 6.54 Å². The summed E-state index contributed by atoms with van der Waals surface area (Å²) in [5.74, 6) is 0.0622. The normalized spacial score (nSPS) is 18.4. The molecule has 9 heteroatoms.